The Morgan fingerprint density at radius 1 is 0.786 bits per heavy atom. The van der Waals surface area contributed by atoms with Gasteiger partial charge in [0.05, 0.1) is 31.0 Å². The fourth-order valence-electron chi connectivity index (χ4n) is 1.99. The first kappa shape index (κ1) is 21.1. The second-order valence-electron chi connectivity index (χ2n) is 5.11. The summed E-state index contributed by atoms with van der Waals surface area (Å²) in [6.45, 7) is -0.634. The van der Waals surface area contributed by atoms with Crippen molar-refractivity contribution in [2.24, 2.45) is 0 Å². The molecular formula is C16H10Cl2N2O8. The van der Waals surface area contributed by atoms with E-state index in [1.807, 2.05) is 0 Å². The first-order chi connectivity index (χ1) is 13.2. The quantitative estimate of drug-likeness (QED) is 0.280. The van der Waals surface area contributed by atoms with E-state index < -0.39 is 21.8 Å². The van der Waals surface area contributed by atoms with Gasteiger partial charge in [0.15, 0.2) is 0 Å². The van der Waals surface area contributed by atoms with E-state index in [0.717, 1.165) is 36.4 Å². The molecule has 0 aromatic heterocycles. The number of esters is 2. The average Bonchev–Trinajstić information content (AvgIpc) is 2.64. The summed E-state index contributed by atoms with van der Waals surface area (Å²) >= 11 is 11.6. The predicted octanol–water partition coefficient (Wildman–Crippen LogP) is 3.82. The minimum atomic E-state index is -0.857. The maximum absolute atomic E-state index is 11.9. The smallest absolute Gasteiger partial charge is 0.339 e. The fraction of sp³-hybridized carbons (Fsp3) is 0.125. The molecule has 0 heterocycles. The van der Waals surface area contributed by atoms with Gasteiger partial charge in [0.1, 0.15) is 13.2 Å². The molecule has 0 aliphatic heterocycles. The van der Waals surface area contributed by atoms with Crippen LogP contribution in [0.25, 0.3) is 0 Å². The maximum Gasteiger partial charge on any atom is 0.339 e. The summed E-state index contributed by atoms with van der Waals surface area (Å²) in [5.41, 5.74) is -0.736. The molecule has 0 aliphatic carbocycles. The topological polar surface area (TPSA) is 139 Å². The van der Waals surface area contributed by atoms with Gasteiger partial charge in [-0.15, -0.1) is 0 Å². The van der Waals surface area contributed by atoms with E-state index in [9.17, 15) is 29.8 Å². The molecule has 2 aromatic rings. The van der Waals surface area contributed by atoms with Gasteiger partial charge in [-0.2, -0.15) is 0 Å². The summed E-state index contributed by atoms with van der Waals surface area (Å²) in [5.74, 6) is -1.71. The van der Waals surface area contributed by atoms with Crippen molar-refractivity contribution < 1.29 is 28.9 Å². The van der Waals surface area contributed by atoms with E-state index >= 15 is 0 Å². The maximum atomic E-state index is 11.9. The van der Waals surface area contributed by atoms with Crippen LogP contribution < -0.4 is 0 Å². The third-order valence-electron chi connectivity index (χ3n) is 3.32. The number of non-ortho nitro benzene ring substituents is 2. The van der Waals surface area contributed by atoms with Gasteiger partial charge < -0.3 is 9.47 Å². The lowest BCUT2D eigenvalue weighted by Gasteiger charge is -2.08. The molecule has 0 radical (unpaired) electrons. The number of halogens is 2. The molecule has 28 heavy (non-hydrogen) atoms. The number of carbonyl (C=O) groups excluding carboxylic acids is 2. The molecule has 0 atom stereocenters. The number of nitro groups is 2. The van der Waals surface area contributed by atoms with E-state index in [1.165, 1.54) is 0 Å². The van der Waals surface area contributed by atoms with E-state index in [2.05, 4.69) is 0 Å². The molecule has 2 aromatic carbocycles. The Morgan fingerprint density at radius 2 is 1.14 bits per heavy atom. The minimum Gasteiger partial charge on any atom is -0.458 e. The molecule has 0 aliphatic rings. The highest BCUT2D eigenvalue weighted by atomic mass is 35.5. The Balaban J connectivity index is 1.89. The highest BCUT2D eigenvalue weighted by Crippen LogP contribution is 2.24. The van der Waals surface area contributed by atoms with Crippen LogP contribution in [-0.4, -0.2) is 35.0 Å². The predicted molar refractivity (Wildman–Crippen MR) is 96.8 cm³/mol. The summed E-state index contributed by atoms with van der Waals surface area (Å²) in [5, 5.41) is 21.0. The van der Waals surface area contributed by atoms with Gasteiger partial charge in [-0.05, 0) is 12.1 Å². The third kappa shape index (κ3) is 5.15. The second-order valence-corrected chi connectivity index (χ2v) is 5.93. The van der Waals surface area contributed by atoms with Gasteiger partial charge in [0.2, 0.25) is 0 Å². The normalized spacial score (nSPS) is 10.2. The fourth-order valence-corrected chi connectivity index (χ4v) is 2.49. The van der Waals surface area contributed by atoms with Crippen molar-refractivity contribution in [3.05, 3.63) is 77.8 Å². The highest BCUT2D eigenvalue weighted by Gasteiger charge is 2.18. The van der Waals surface area contributed by atoms with Gasteiger partial charge in [-0.1, -0.05) is 23.2 Å². The monoisotopic (exact) mass is 428 g/mol. The number of nitrogens with zero attached hydrogens (tertiary/aromatic N) is 2. The van der Waals surface area contributed by atoms with Crippen molar-refractivity contribution in [1.29, 1.82) is 0 Å². The molecule has 10 nitrogen and oxygen atoms in total. The van der Waals surface area contributed by atoms with Crippen molar-refractivity contribution >= 4 is 46.5 Å². The second kappa shape index (κ2) is 9.11. The molecule has 0 bridgehead atoms. The van der Waals surface area contributed by atoms with Crippen LogP contribution in [0.3, 0.4) is 0 Å². The lowest BCUT2D eigenvalue weighted by Crippen LogP contribution is -2.14. The van der Waals surface area contributed by atoms with E-state index in [1.54, 1.807) is 0 Å². The van der Waals surface area contributed by atoms with Crippen LogP contribution in [0.15, 0.2) is 36.4 Å². The lowest BCUT2D eigenvalue weighted by molar-refractivity contribution is -0.385. The number of ether oxygens (including phenoxy) is 2. The Kier molecular flexibility index (Phi) is 6.85. The summed E-state index contributed by atoms with van der Waals surface area (Å²) in [7, 11) is 0. The van der Waals surface area contributed by atoms with Crippen molar-refractivity contribution in [1.82, 2.24) is 0 Å². The van der Waals surface area contributed by atoms with Crippen molar-refractivity contribution in [3.63, 3.8) is 0 Å². The van der Waals surface area contributed by atoms with Crippen LogP contribution >= 0.6 is 23.2 Å². The first-order valence-corrected chi connectivity index (χ1v) is 8.18. The van der Waals surface area contributed by atoms with E-state index in [4.69, 9.17) is 32.7 Å². The summed E-state index contributed by atoms with van der Waals surface area (Å²) in [6.07, 6.45) is 0. The van der Waals surface area contributed by atoms with Gasteiger partial charge in [-0.25, -0.2) is 9.59 Å². The number of nitro benzene ring substituents is 2. The Morgan fingerprint density at radius 3 is 1.43 bits per heavy atom. The Hall–Kier alpha value is -3.24. The zero-order valence-electron chi connectivity index (χ0n) is 13.8. The molecule has 0 amide bonds. The molecule has 0 saturated carbocycles. The summed E-state index contributed by atoms with van der Waals surface area (Å²) in [4.78, 5) is 43.8. The standard InChI is InChI=1S/C16H10Cl2N2O8/c17-13-7-9(19(23)24)1-3-11(13)15(21)27-5-6-28-16(22)12-4-2-10(20(25)26)8-14(12)18/h1-4,7-8H,5-6H2. The van der Waals surface area contributed by atoms with Crippen molar-refractivity contribution in [2.45, 2.75) is 0 Å². The molecule has 0 fully saturated rings. The van der Waals surface area contributed by atoms with Crippen LogP contribution in [0.5, 0.6) is 0 Å². The van der Waals surface area contributed by atoms with E-state index in [0.29, 0.717) is 0 Å². The van der Waals surface area contributed by atoms with Gasteiger partial charge >= 0.3 is 11.9 Å². The van der Waals surface area contributed by atoms with Crippen LogP contribution in [0.2, 0.25) is 10.0 Å². The number of benzene rings is 2. The minimum absolute atomic E-state index is 0.0861. The van der Waals surface area contributed by atoms with E-state index in [-0.39, 0.29) is 45.8 Å². The molecule has 146 valence electrons. The van der Waals surface area contributed by atoms with Gasteiger partial charge in [0.25, 0.3) is 11.4 Å². The van der Waals surface area contributed by atoms with Crippen LogP contribution in [-0.2, 0) is 9.47 Å². The Labute approximate surface area is 166 Å². The van der Waals surface area contributed by atoms with Crippen molar-refractivity contribution in [2.75, 3.05) is 13.2 Å². The van der Waals surface area contributed by atoms with Crippen LogP contribution in [0, 0.1) is 20.2 Å². The number of hydrogen-bond donors (Lipinski definition) is 0. The largest absolute Gasteiger partial charge is 0.458 e. The van der Waals surface area contributed by atoms with Crippen molar-refractivity contribution in [3.8, 4) is 0 Å². The molecular weight excluding hydrogens is 419 g/mol. The first-order valence-electron chi connectivity index (χ1n) is 7.43. The molecule has 0 spiro atoms. The molecule has 2 rings (SSSR count). The summed E-state index contributed by atoms with van der Waals surface area (Å²) in [6, 6.07) is 6.50. The van der Waals surface area contributed by atoms with Crippen LogP contribution in [0.1, 0.15) is 20.7 Å². The number of hydrogen-bond acceptors (Lipinski definition) is 8. The number of carbonyl (C=O) groups is 2. The van der Waals surface area contributed by atoms with Gasteiger partial charge in [0, 0.05) is 24.3 Å². The van der Waals surface area contributed by atoms with Crippen LogP contribution in [0.4, 0.5) is 11.4 Å². The zero-order valence-corrected chi connectivity index (χ0v) is 15.3. The zero-order chi connectivity index (χ0) is 20.8. The average molecular weight is 429 g/mol. The third-order valence-corrected chi connectivity index (χ3v) is 3.94. The molecule has 0 saturated heterocycles. The Bertz CT molecular complexity index is 886. The summed E-state index contributed by atoms with van der Waals surface area (Å²) < 4.78 is 9.77. The molecule has 12 heteroatoms. The highest BCUT2D eigenvalue weighted by molar-refractivity contribution is 6.34. The molecule has 0 N–H and O–H groups in total. The number of rotatable bonds is 7. The van der Waals surface area contributed by atoms with Gasteiger partial charge in [-0.3, -0.25) is 20.2 Å². The SMILES string of the molecule is O=C(OCCOC(=O)c1ccc([N+](=O)[O-])cc1Cl)c1ccc([N+](=O)[O-])cc1Cl. The lowest BCUT2D eigenvalue weighted by atomic mass is 10.2. The molecule has 0 unspecified atom stereocenters.